The van der Waals surface area contributed by atoms with Crippen LogP contribution in [0.25, 0.3) is 77.2 Å². The molecule has 0 amide bonds. The maximum absolute atomic E-state index is 2.61. The Balaban J connectivity index is 0.959. The van der Waals surface area contributed by atoms with Gasteiger partial charge in [0.2, 0.25) is 0 Å². The van der Waals surface area contributed by atoms with Gasteiger partial charge in [-0.05, 0) is 110 Å². The highest BCUT2D eigenvalue weighted by Crippen LogP contribution is 2.57. The van der Waals surface area contributed by atoms with Gasteiger partial charge in [0.1, 0.15) is 0 Å². The maximum Gasteiger partial charge on any atom is 0.0701 e. The van der Waals surface area contributed by atoms with Gasteiger partial charge >= 0.3 is 0 Å². The van der Waals surface area contributed by atoms with Crippen LogP contribution in [0.2, 0.25) is 0 Å². The highest BCUT2D eigenvalue weighted by atomic mass is 15.2. The minimum absolute atomic E-state index is 0.220. The number of rotatable bonds is 3. The number of nitrogens with zero attached hydrogens (tertiary/aromatic N) is 2. The third-order valence-corrected chi connectivity index (χ3v) is 12.1. The van der Waals surface area contributed by atoms with Crippen molar-refractivity contribution in [1.82, 2.24) is 4.57 Å². The first-order valence-corrected chi connectivity index (χ1v) is 18.9. The number of hydrogen-bond donors (Lipinski definition) is 0. The summed E-state index contributed by atoms with van der Waals surface area (Å²) in [5.74, 6) is 0.266. The van der Waals surface area contributed by atoms with Gasteiger partial charge in [0.25, 0.3) is 0 Å². The lowest BCUT2D eigenvalue weighted by Gasteiger charge is -2.32. The first-order valence-electron chi connectivity index (χ1n) is 18.9. The molecule has 8 aromatic carbocycles. The van der Waals surface area contributed by atoms with Crippen LogP contribution in [0.5, 0.6) is 0 Å². The van der Waals surface area contributed by atoms with Crippen molar-refractivity contribution >= 4 is 49.5 Å². The lowest BCUT2D eigenvalue weighted by molar-refractivity contribution is 0.764. The maximum atomic E-state index is 2.61. The molecule has 1 aliphatic carbocycles. The van der Waals surface area contributed by atoms with E-state index in [4.69, 9.17) is 0 Å². The molecule has 0 N–H and O–H groups in total. The molecule has 2 unspecified atom stereocenters. The van der Waals surface area contributed by atoms with Crippen LogP contribution in [-0.4, -0.2) is 10.6 Å². The molecule has 0 bridgehead atoms. The molecule has 2 aliphatic heterocycles. The van der Waals surface area contributed by atoms with E-state index in [0.29, 0.717) is 0 Å². The van der Waals surface area contributed by atoms with Crippen LogP contribution in [-0.2, 0) is 0 Å². The number of hydrogen-bond acceptors (Lipinski definition) is 1. The monoisotopic (exact) mass is 686 g/mol. The molecular formula is C52H34N2. The molecule has 0 saturated heterocycles. The van der Waals surface area contributed by atoms with Gasteiger partial charge in [0.05, 0.1) is 17.1 Å². The van der Waals surface area contributed by atoms with Crippen molar-refractivity contribution < 1.29 is 0 Å². The summed E-state index contributed by atoms with van der Waals surface area (Å²) in [6.45, 7) is 0. The molecule has 0 fully saturated rings. The van der Waals surface area contributed by atoms with Gasteiger partial charge in [-0.15, -0.1) is 0 Å². The van der Waals surface area contributed by atoms with E-state index in [-0.39, 0.29) is 12.0 Å². The van der Waals surface area contributed by atoms with Gasteiger partial charge in [-0.2, -0.15) is 0 Å². The fraction of sp³-hybridized carbons (Fsp3) is 0.0385. The lowest BCUT2D eigenvalue weighted by atomic mass is 9.81. The number of benzene rings is 8. The summed E-state index contributed by atoms with van der Waals surface area (Å²) in [7, 11) is 0. The van der Waals surface area contributed by atoms with Crippen molar-refractivity contribution in [3.63, 3.8) is 0 Å². The fourth-order valence-electron chi connectivity index (χ4n) is 9.63. The Morgan fingerprint density at radius 3 is 2.00 bits per heavy atom. The first-order chi connectivity index (χ1) is 26.8. The van der Waals surface area contributed by atoms with Crippen LogP contribution in [0, 0.1) is 0 Å². The van der Waals surface area contributed by atoms with Crippen LogP contribution in [0.1, 0.15) is 17.0 Å². The second-order valence-electron chi connectivity index (χ2n) is 14.9. The fourth-order valence-corrected chi connectivity index (χ4v) is 9.63. The third-order valence-electron chi connectivity index (χ3n) is 12.1. The van der Waals surface area contributed by atoms with Gasteiger partial charge in [-0.1, -0.05) is 140 Å². The summed E-state index contributed by atoms with van der Waals surface area (Å²) in [4.78, 5) is 2.61. The van der Waals surface area contributed by atoms with Crippen molar-refractivity contribution in [2.24, 2.45) is 0 Å². The number of allylic oxidation sites excluding steroid dienone is 2. The van der Waals surface area contributed by atoms with Crippen LogP contribution in [0.4, 0.5) is 11.4 Å². The van der Waals surface area contributed by atoms with Gasteiger partial charge in [0.15, 0.2) is 0 Å². The normalized spacial score (nSPS) is 16.5. The predicted octanol–water partition coefficient (Wildman–Crippen LogP) is 13.5. The molecule has 1 aromatic heterocycles. The van der Waals surface area contributed by atoms with E-state index < -0.39 is 0 Å². The molecule has 252 valence electrons. The molecule has 0 spiro atoms. The van der Waals surface area contributed by atoms with E-state index in [1.54, 1.807) is 0 Å². The van der Waals surface area contributed by atoms with E-state index in [1.807, 2.05) is 0 Å². The molecular weight excluding hydrogens is 653 g/mol. The first kappa shape index (κ1) is 29.7. The highest BCUT2D eigenvalue weighted by Gasteiger charge is 2.44. The summed E-state index contributed by atoms with van der Waals surface area (Å²) in [6, 6.07) is 65.4. The van der Waals surface area contributed by atoms with E-state index in [0.717, 1.165) is 0 Å². The largest absolute Gasteiger partial charge is 0.332 e. The second-order valence-corrected chi connectivity index (χ2v) is 14.9. The standard InChI is InChI=1S/C52H34N2/c1-2-11-35-30-36(21-20-33(35)10-1)34-22-26-39(27-23-34)53-48-18-7-6-15-43(48)46-31-37(24-28-50(46)53)38-25-29-51-47(32-38)45-17-9-16-44-41-13-4-3-12-40(41)42-14-5-8-19-49(42)54(51)52(44)45/h1-32,45,52H. The van der Waals surface area contributed by atoms with Gasteiger partial charge in [-0.25, -0.2) is 0 Å². The van der Waals surface area contributed by atoms with Crippen molar-refractivity contribution in [2.75, 3.05) is 4.90 Å². The molecule has 3 heterocycles. The quantitative estimate of drug-likeness (QED) is 0.180. The van der Waals surface area contributed by atoms with Crippen LogP contribution >= 0.6 is 0 Å². The molecule has 3 aliphatic rings. The number of fused-ring (bicyclic) bond motifs is 12. The van der Waals surface area contributed by atoms with E-state index in [2.05, 4.69) is 204 Å². The van der Waals surface area contributed by atoms with Crippen LogP contribution < -0.4 is 4.90 Å². The Bertz CT molecular complexity index is 3070. The lowest BCUT2D eigenvalue weighted by Crippen LogP contribution is -2.31. The smallest absolute Gasteiger partial charge is 0.0701 e. The average Bonchev–Trinajstić information content (AvgIpc) is 3.71. The third kappa shape index (κ3) is 4.22. The summed E-state index contributed by atoms with van der Waals surface area (Å²) < 4.78 is 2.41. The zero-order valence-corrected chi connectivity index (χ0v) is 29.5. The summed E-state index contributed by atoms with van der Waals surface area (Å²) in [6.07, 6.45) is 7.03. The van der Waals surface area contributed by atoms with E-state index in [1.165, 1.54) is 99.7 Å². The topological polar surface area (TPSA) is 8.17 Å². The zero-order valence-electron chi connectivity index (χ0n) is 29.5. The molecule has 0 saturated carbocycles. The Morgan fingerprint density at radius 1 is 0.426 bits per heavy atom. The Morgan fingerprint density at radius 2 is 1.09 bits per heavy atom. The summed E-state index contributed by atoms with van der Waals surface area (Å²) in [5.41, 5.74) is 17.9. The molecule has 2 heteroatoms. The summed E-state index contributed by atoms with van der Waals surface area (Å²) >= 11 is 0. The van der Waals surface area contributed by atoms with Gasteiger partial charge in [0, 0.05) is 39.3 Å². The van der Waals surface area contributed by atoms with Gasteiger partial charge < -0.3 is 9.47 Å². The number of aromatic nitrogens is 1. The molecule has 0 radical (unpaired) electrons. The SMILES string of the molecule is C1=CC2c3cc(-c4ccc5c(c4)c4ccccc4n5-c4ccc(-c5ccc6ccccc6c5)cc4)ccc3N3c4ccccc4-c4ccccc4C(=C1)C23. The molecule has 2 nitrogen and oxygen atoms in total. The number of anilines is 2. The van der Waals surface area contributed by atoms with E-state index in [9.17, 15) is 0 Å². The van der Waals surface area contributed by atoms with Crippen molar-refractivity contribution in [3.8, 4) is 39.1 Å². The molecule has 2 atom stereocenters. The minimum atomic E-state index is 0.220. The van der Waals surface area contributed by atoms with Crippen molar-refractivity contribution in [2.45, 2.75) is 12.0 Å². The average molecular weight is 687 g/mol. The highest BCUT2D eigenvalue weighted by molar-refractivity contribution is 6.10. The minimum Gasteiger partial charge on any atom is -0.332 e. The Hall–Kier alpha value is -6.90. The van der Waals surface area contributed by atoms with Crippen molar-refractivity contribution in [1.29, 1.82) is 0 Å². The Labute approximate surface area is 314 Å². The summed E-state index contributed by atoms with van der Waals surface area (Å²) in [5, 5.41) is 5.06. The van der Waals surface area contributed by atoms with Crippen LogP contribution in [0.3, 0.4) is 0 Å². The van der Waals surface area contributed by atoms with Crippen LogP contribution in [0.15, 0.2) is 194 Å². The second kappa shape index (κ2) is 11.3. The molecule has 12 rings (SSSR count). The molecule has 9 aromatic rings. The van der Waals surface area contributed by atoms with Crippen molar-refractivity contribution in [3.05, 3.63) is 205 Å². The predicted molar refractivity (Wildman–Crippen MR) is 227 cm³/mol. The molecule has 54 heavy (non-hydrogen) atoms. The van der Waals surface area contributed by atoms with E-state index >= 15 is 0 Å². The zero-order chi connectivity index (χ0) is 35.3. The Kier molecular flexibility index (Phi) is 6.20. The van der Waals surface area contributed by atoms with Gasteiger partial charge in [-0.3, -0.25) is 0 Å². The number of para-hydroxylation sites is 2.